The van der Waals surface area contributed by atoms with Crippen LogP contribution in [0.5, 0.6) is 11.5 Å². The summed E-state index contributed by atoms with van der Waals surface area (Å²) >= 11 is 0. The van der Waals surface area contributed by atoms with Crippen LogP contribution in [0.1, 0.15) is 11.1 Å². The summed E-state index contributed by atoms with van der Waals surface area (Å²) < 4.78 is 5.76. The number of para-hydroxylation sites is 1. The van der Waals surface area contributed by atoms with Crippen molar-refractivity contribution in [2.24, 2.45) is 0 Å². The zero-order valence-corrected chi connectivity index (χ0v) is 11.8. The van der Waals surface area contributed by atoms with Crippen LogP contribution in [0.15, 0.2) is 60.4 Å². The molecule has 0 radical (unpaired) electrons. The molecular formula is C17H16O5. The minimum absolute atomic E-state index is 0.0434. The van der Waals surface area contributed by atoms with Gasteiger partial charge in [-0.15, -0.1) is 0 Å². The summed E-state index contributed by atoms with van der Waals surface area (Å²) in [7, 11) is 0. The first-order valence-electron chi connectivity index (χ1n) is 6.66. The van der Waals surface area contributed by atoms with Crippen LogP contribution < -0.4 is 4.74 Å². The van der Waals surface area contributed by atoms with Crippen molar-refractivity contribution in [2.45, 2.75) is 13.0 Å². The highest BCUT2D eigenvalue weighted by Gasteiger charge is 2.12. The fourth-order valence-corrected chi connectivity index (χ4v) is 1.97. The second-order valence-electron chi connectivity index (χ2n) is 4.65. The molecule has 2 rings (SSSR count). The average molecular weight is 300 g/mol. The highest BCUT2D eigenvalue weighted by Crippen LogP contribution is 2.27. The quantitative estimate of drug-likeness (QED) is 0.564. The van der Waals surface area contributed by atoms with Crippen LogP contribution in [0.2, 0.25) is 0 Å². The van der Waals surface area contributed by atoms with E-state index in [2.05, 4.69) is 0 Å². The molecule has 0 atom stereocenters. The molecule has 2 aromatic carbocycles. The van der Waals surface area contributed by atoms with E-state index in [9.17, 15) is 4.79 Å². The van der Waals surface area contributed by atoms with E-state index in [1.54, 1.807) is 48.5 Å². The number of hydrogen-bond donors (Lipinski definition) is 3. The van der Waals surface area contributed by atoms with Gasteiger partial charge in [-0.3, -0.25) is 0 Å². The molecule has 0 aliphatic carbocycles. The molecule has 0 aromatic heterocycles. The van der Waals surface area contributed by atoms with E-state index in [-0.39, 0.29) is 18.6 Å². The lowest BCUT2D eigenvalue weighted by Crippen LogP contribution is -2.05. The summed E-state index contributed by atoms with van der Waals surface area (Å²) in [5.74, 6) is -0.137. The molecule has 0 saturated heterocycles. The highest BCUT2D eigenvalue weighted by molar-refractivity contribution is 5.86. The molecule has 0 heterocycles. The maximum absolute atomic E-state index is 11.0. The fraction of sp³-hybridized carbons (Fsp3) is 0.118. The van der Waals surface area contributed by atoms with Crippen LogP contribution in [0.4, 0.5) is 0 Å². The molecule has 22 heavy (non-hydrogen) atoms. The summed E-state index contributed by atoms with van der Waals surface area (Å²) in [4.78, 5) is 11.0. The Bertz CT molecular complexity index is 691. The van der Waals surface area contributed by atoms with Crippen molar-refractivity contribution >= 4 is 5.97 Å². The van der Waals surface area contributed by atoms with Crippen molar-refractivity contribution in [3.05, 3.63) is 71.5 Å². The number of carboxylic acids is 1. The third kappa shape index (κ3) is 3.86. The van der Waals surface area contributed by atoms with Crippen molar-refractivity contribution in [2.75, 3.05) is 0 Å². The third-order valence-electron chi connectivity index (χ3n) is 3.09. The second-order valence-corrected chi connectivity index (χ2v) is 4.65. The number of carbonyl (C=O) groups is 1. The first-order chi connectivity index (χ1) is 10.6. The van der Waals surface area contributed by atoms with Gasteiger partial charge in [0.05, 0.1) is 18.4 Å². The van der Waals surface area contributed by atoms with Crippen LogP contribution in [0.3, 0.4) is 0 Å². The molecule has 0 spiro atoms. The minimum atomic E-state index is -1.18. The Balaban J connectivity index is 2.26. The van der Waals surface area contributed by atoms with Gasteiger partial charge in [0.15, 0.2) is 0 Å². The first-order valence-corrected chi connectivity index (χ1v) is 6.66. The van der Waals surface area contributed by atoms with Gasteiger partial charge in [-0.1, -0.05) is 30.3 Å². The largest absolute Gasteiger partial charge is 0.515 e. The van der Waals surface area contributed by atoms with E-state index in [1.807, 2.05) is 0 Å². The van der Waals surface area contributed by atoms with Crippen molar-refractivity contribution < 1.29 is 24.9 Å². The molecule has 2 aromatic rings. The Morgan fingerprint density at radius 1 is 1.14 bits per heavy atom. The molecule has 0 bridgehead atoms. The maximum atomic E-state index is 11.0. The first kappa shape index (κ1) is 15.6. The Morgan fingerprint density at radius 2 is 1.91 bits per heavy atom. The predicted octanol–water partition coefficient (Wildman–Crippen LogP) is 3.04. The Kier molecular flexibility index (Phi) is 5.16. The predicted molar refractivity (Wildman–Crippen MR) is 80.9 cm³/mol. The number of carboxylic acid groups (broad SMARTS) is 1. The lowest BCUT2D eigenvalue weighted by Gasteiger charge is -2.12. The van der Waals surface area contributed by atoms with Gasteiger partial charge in [-0.25, -0.2) is 4.79 Å². The molecule has 0 saturated carbocycles. The summed E-state index contributed by atoms with van der Waals surface area (Å²) in [6.07, 6.45) is 0.632. The molecule has 3 N–H and O–H groups in total. The monoisotopic (exact) mass is 300 g/mol. The van der Waals surface area contributed by atoms with Gasteiger partial charge in [-0.05, 0) is 29.3 Å². The number of rotatable bonds is 6. The third-order valence-corrected chi connectivity index (χ3v) is 3.09. The van der Waals surface area contributed by atoms with Crippen LogP contribution >= 0.6 is 0 Å². The van der Waals surface area contributed by atoms with E-state index in [1.165, 1.54) is 0 Å². The number of hydrogen-bond acceptors (Lipinski definition) is 4. The van der Waals surface area contributed by atoms with Gasteiger partial charge < -0.3 is 20.1 Å². The van der Waals surface area contributed by atoms with E-state index in [0.29, 0.717) is 23.3 Å². The number of aliphatic carboxylic acids is 1. The van der Waals surface area contributed by atoms with Gasteiger partial charge in [-0.2, -0.15) is 0 Å². The molecule has 0 aliphatic heterocycles. The average Bonchev–Trinajstić information content (AvgIpc) is 2.54. The summed E-state index contributed by atoms with van der Waals surface area (Å²) in [6, 6.07) is 14.0. The molecule has 0 fully saturated rings. The van der Waals surface area contributed by atoms with Crippen molar-refractivity contribution in [1.82, 2.24) is 0 Å². The van der Waals surface area contributed by atoms with Crippen LogP contribution in [-0.2, 0) is 17.8 Å². The fourth-order valence-electron chi connectivity index (χ4n) is 1.97. The Morgan fingerprint density at radius 3 is 2.59 bits per heavy atom. The van der Waals surface area contributed by atoms with Crippen LogP contribution in [-0.4, -0.2) is 21.3 Å². The van der Waals surface area contributed by atoms with Gasteiger partial charge in [0.2, 0.25) is 0 Å². The van der Waals surface area contributed by atoms with Crippen molar-refractivity contribution in [3.63, 3.8) is 0 Å². The standard InChI is InChI=1S/C17H16O5/c18-10-12-4-3-6-15(8-12)22-16-7-2-1-5-13(16)9-14(11-19)17(20)21/h1-8,11,18-19H,9-10H2,(H,20,21). The molecule has 0 amide bonds. The van der Waals surface area contributed by atoms with E-state index < -0.39 is 5.97 Å². The number of benzene rings is 2. The van der Waals surface area contributed by atoms with E-state index in [4.69, 9.17) is 20.1 Å². The highest BCUT2D eigenvalue weighted by atomic mass is 16.5. The van der Waals surface area contributed by atoms with Gasteiger partial charge >= 0.3 is 5.97 Å². The molecule has 0 unspecified atom stereocenters. The summed E-state index contributed by atoms with van der Waals surface area (Å²) in [6.45, 7) is -0.0880. The summed E-state index contributed by atoms with van der Waals surface area (Å²) in [5.41, 5.74) is 1.23. The second kappa shape index (κ2) is 7.28. The smallest absolute Gasteiger partial charge is 0.335 e. The zero-order valence-electron chi connectivity index (χ0n) is 11.8. The normalized spacial score (nSPS) is 11.2. The molecular weight excluding hydrogens is 284 g/mol. The molecule has 5 nitrogen and oxygen atoms in total. The molecule has 114 valence electrons. The number of aliphatic hydroxyl groups is 2. The number of ether oxygens (including phenoxy) is 1. The van der Waals surface area contributed by atoms with Gasteiger partial charge in [0.1, 0.15) is 11.5 Å². The van der Waals surface area contributed by atoms with E-state index in [0.717, 1.165) is 5.56 Å². The van der Waals surface area contributed by atoms with Crippen molar-refractivity contribution in [3.8, 4) is 11.5 Å². The van der Waals surface area contributed by atoms with Crippen LogP contribution in [0.25, 0.3) is 0 Å². The molecule has 5 heteroatoms. The van der Waals surface area contributed by atoms with Gasteiger partial charge in [0, 0.05) is 6.42 Å². The Labute approximate surface area is 127 Å². The lowest BCUT2D eigenvalue weighted by atomic mass is 10.1. The zero-order chi connectivity index (χ0) is 15.9. The van der Waals surface area contributed by atoms with Crippen molar-refractivity contribution in [1.29, 1.82) is 0 Å². The molecule has 0 aliphatic rings. The van der Waals surface area contributed by atoms with E-state index >= 15 is 0 Å². The number of aliphatic hydroxyl groups excluding tert-OH is 2. The minimum Gasteiger partial charge on any atom is -0.515 e. The lowest BCUT2D eigenvalue weighted by molar-refractivity contribution is -0.132. The topological polar surface area (TPSA) is 87.0 Å². The Hall–Kier alpha value is -2.79. The van der Waals surface area contributed by atoms with Gasteiger partial charge in [0.25, 0.3) is 0 Å². The summed E-state index contributed by atoms with van der Waals surface area (Å²) in [5, 5.41) is 27.1. The SMILES string of the molecule is O=C(O)C(=CO)Cc1ccccc1Oc1cccc(CO)c1. The maximum Gasteiger partial charge on any atom is 0.335 e. The van der Waals surface area contributed by atoms with Crippen LogP contribution in [0, 0.1) is 0 Å².